The second kappa shape index (κ2) is 7.36. The van der Waals surface area contributed by atoms with E-state index in [9.17, 15) is 9.59 Å². The quantitative estimate of drug-likeness (QED) is 0.679. The van der Waals surface area contributed by atoms with Gasteiger partial charge in [-0.3, -0.25) is 9.59 Å². The molecule has 0 unspecified atom stereocenters. The van der Waals surface area contributed by atoms with E-state index >= 15 is 0 Å². The Morgan fingerprint density at radius 1 is 1.28 bits per heavy atom. The Kier molecular flexibility index (Phi) is 6.91. The molecular formula is C13H26N2O3. The molecule has 106 valence electrons. The minimum absolute atomic E-state index is 0.101. The summed E-state index contributed by atoms with van der Waals surface area (Å²) in [7, 11) is 0. The van der Waals surface area contributed by atoms with Crippen molar-refractivity contribution in [3.63, 3.8) is 0 Å². The van der Waals surface area contributed by atoms with Crippen LogP contribution in [0.1, 0.15) is 47.5 Å². The summed E-state index contributed by atoms with van der Waals surface area (Å²) < 4.78 is 0. The minimum atomic E-state index is -0.974. The fraction of sp³-hybridized carbons (Fsp3) is 0.846. The molecular weight excluding hydrogens is 232 g/mol. The summed E-state index contributed by atoms with van der Waals surface area (Å²) in [5.74, 6) is -1.07. The number of carboxylic acid groups (broad SMARTS) is 1. The normalized spacial score (nSPS) is 11.7. The van der Waals surface area contributed by atoms with Crippen LogP contribution in [0, 0.1) is 0 Å². The second-order valence-electron chi connectivity index (χ2n) is 5.76. The monoisotopic (exact) mass is 258 g/mol. The van der Waals surface area contributed by atoms with Crippen LogP contribution in [0.5, 0.6) is 0 Å². The smallest absolute Gasteiger partial charge is 0.323 e. The molecule has 0 radical (unpaired) electrons. The molecule has 0 saturated heterocycles. The van der Waals surface area contributed by atoms with Gasteiger partial charge in [-0.2, -0.15) is 0 Å². The van der Waals surface area contributed by atoms with Gasteiger partial charge < -0.3 is 15.3 Å². The van der Waals surface area contributed by atoms with Crippen LogP contribution < -0.4 is 5.32 Å². The van der Waals surface area contributed by atoms with Gasteiger partial charge in [-0.25, -0.2) is 0 Å². The van der Waals surface area contributed by atoms with Gasteiger partial charge in [-0.15, -0.1) is 0 Å². The highest BCUT2D eigenvalue weighted by atomic mass is 16.4. The molecule has 1 amide bonds. The zero-order chi connectivity index (χ0) is 14.3. The zero-order valence-electron chi connectivity index (χ0n) is 12.1. The van der Waals surface area contributed by atoms with Crippen LogP contribution >= 0.6 is 0 Å². The lowest BCUT2D eigenvalue weighted by Gasteiger charge is -2.34. The summed E-state index contributed by atoms with van der Waals surface area (Å²) in [5, 5.41) is 12.1. The molecule has 0 heterocycles. The summed E-state index contributed by atoms with van der Waals surface area (Å²) in [5.41, 5.74) is -0.457. The highest BCUT2D eigenvalue weighted by molar-refractivity contribution is 5.82. The lowest BCUT2D eigenvalue weighted by Crippen LogP contribution is -2.48. The van der Waals surface area contributed by atoms with E-state index in [2.05, 4.69) is 5.32 Å². The Morgan fingerprint density at radius 3 is 2.22 bits per heavy atom. The Labute approximate surface area is 110 Å². The van der Waals surface area contributed by atoms with Crippen molar-refractivity contribution >= 4 is 11.9 Å². The van der Waals surface area contributed by atoms with Crippen molar-refractivity contribution in [2.45, 2.75) is 59.0 Å². The maximum atomic E-state index is 12.0. The third kappa shape index (κ3) is 7.27. The van der Waals surface area contributed by atoms with Crippen LogP contribution in [0.3, 0.4) is 0 Å². The van der Waals surface area contributed by atoms with Crippen LogP contribution in [0.15, 0.2) is 0 Å². The molecule has 0 aromatic rings. The number of rotatable bonds is 7. The lowest BCUT2D eigenvalue weighted by molar-refractivity contribution is -0.148. The standard InChI is InChI=1S/C13H26N2O3/c1-10(2)14-8-6-7-11(16)15(9-12(17)18)13(3,4)5/h10,14H,6-9H2,1-5H3,(H,17,18). The predicted molar refractivity (Wildman–Crippen MR) is 71.5 cm³/mol. The van der Waals surface area contributed by atoms with Crippen molar-refractivity contribution < 1.29 is 14.7 Å². The van der Waals surface area contributed by atoms with Gasteiger partial charge in [0.15, 0.2) is 0 Å². The molecule has 0 aromatic carbocycles. The highest BCUT2D eigenvalue weighted by Crippen LogP contribution is 2.14. The Hall–Kier alpha value is -1.10. The number of carbonyl (C=O) groups excluding carboxylic acids is 1. The molecule has 18 heavy (non-hydrogen) atoms. The third-order valence-corrected chi connectivity index (χ3v) is 2.52. The van der Waals surface area contributed by atoms with E-state index in [1.54, 1.807) is 0 Å². The first-order valence-corrected chi connectivity index (χ1v) is 6.40. The Bertz CT molecular complexity index is 282. The first kappa shape index (κ1) is 16.9. The topological polar surface area (TPSA) is 69.6 Å². The number of carboxylic acids is 1. The number of nitrogens with zero attached hydrogens (tertiary/aromatic N) is 1. The minimum Gasteiger partial charge on any atom is -0.480 e. The number of hydrogen-bond acceptors (Lipinski definition) is 3. The average Bonchev–Trinajstić information content (AvgIpc) is 2.18. The number of amides is 1. The SMILES string of the molecule is CC(C)NCCCC(=O)N(CC(=O)O)C(C)(C)C. The van der Waals surface area contributed by atoms with Crippen molar-refractivity contribution in [1.29, 1.82) is 0 Å². The number of aliphatic carboxylic acids is 1. The van der Waals surface area contributed by atoms with Gasteiger partial charge in [0.25, 0.3) is 0 Å². The summed E-state index contributed by atoms with van der Waals surface area (Å²) in [6, 6.07) is 0.401. The molecule has 0 spiro atoms. The third-order valence-electron chi connectivity index (χ3n) is 2.52. The van der Waals surface area contributed by atoms with Crippen LogP contribution in [-0.4, -0.2) is 46.6 Å². The maximum Gasteiger partial charge on any atom is 0.323 e. The van der Waals surface area contributed by atoms with Crippen molar-refractivity contribution in [2.75, 3.05) is 13.1 Å². The summed E-state index contributed by atoms with van der Waals surface area (Å²) >= 11 is 0. The Balaban J connectivity index is 4.27. The fourth-order valence-electron chi connectivity index (χ4n) is 1.60. The van der Waals surface area contributed by atoms with E-state index in [-0.39, 0.29) is 12.5 Å². The van der Waals surface area contributed by atoms with Crippen molar-refractivity contribution in [2.24, 2.45) is 0 Å². The largest absolute Gasteiger partial charge is 0.480 e. The maximum absolute atomic E-state index is 12.0. The van der Waals surface area contributed by atoms with E-state index < -0.39 is 11.5 Å². The van der Waals surface area contributed by atoms with Crippen molar-refractivity contribution in [3.8, 4) is 0 Å². The summed E-state index contributed by atoms with van der Waals surface area (Å²) in [4.78, 5) is 24.2. The van der Waals surface area contributed by atoms with E-state index in [0.717, 1.165) is 13.0 Å². The molecule has 0 bridgehead atoms. The molecule has 2 N–H and O–H groups in total. The van der Waals surface area contributed by atoms with Crippen LogP contribution in [0.25, 0.3) is 0 Å². The first-order chi connectivity index (χ1) is 8.14. The van der Waals surface area contributed by atoms with Crippen LogP contribution in [-0.2, 0) is 9.59 Å². The van der Waals surface area contributed by atoms with E-state index in [0.29, 0.717) is 12.5 Å². The molecule has 0 aliphatic rings. The Morgan fingerprint density at radius 2 is 1.83 bits per heavy atom. The second-order valence-corrected chi connectivity index (χ2v) is 5.76. The highest BCUT2D eigenvalue weighted by Gasteiger charge is 2.27. The molecule has 5 nitrogen and oxygen atoms in total. The first-order valence-electron chi connectivity index (χ1n) is 6.40. The molecule has 0 aliphatic heterocycles. The fourth-order valence-corrected chi connectivity index (χ4v) is 1.60. The van der Waals surface area contributed by atoms with Gasteiger partial charge in [0.1, 0.15) is 6.54 Å². The van der Waals surface area contributed by atoms with Gasteiger partial charge in [-0.1, -0.05) is 13.8 Å². The van der Waals surface area contributed by atoms with Gasteiger partial charge >= 0.3 is 5.97 Å². The predicted octanol–water partition coefficient (Wildman–Crippen LogP) is 1.48. The number of hydrogen-bond donors (Lipinski definition) is 2. The van der Waals surface area contributed by atoms with Crippen molar-refractivity contribution in [3.05, 3.63) is 0 Å². The van der Waals surface area contributed by atoms with Crippen LogP contribution in [0.2, 0.25) is 0 Å². The lowest BCUT2D eigenvalue weighted by atomic mass is 10.0. The van der Waals surface area contributed by atoms with E-state index in [1.807, 2.05) is 34.6 Å². The molecule has 5 heteroatoms. The molecule has 0 aliphatic carbocycles. The molecule has 0 aromatic heterocycles. The number of carbonyl (C=O) groups is 2. The van der Waals surface area contributed by atoms with E-state index in [4.69, 9.17) is 5.11 Å². The van der Waals surface area contributed by atoms with Gasteiger partial charge in [0.2, 0.25) is 5.91 Å². The number of nitrogens with one attached hydrogen (secondary N) is 1. The summed E-state index contributed by atoms with van der Waals surface area (Å²) in [6.07, 6.45) is 1.10. The van der Waals surface area contributed by atoms with Crippen molar-refractivity contribution in [1.82, 2.24) is 10.2 Å². The summed E-state index contributed by atoms with van der Waals surface area (Å²) in [6.45, 7) is 10.2. The zero-order valence-corrected chi connectivity index (χ0v) is 12.1. The molecule has 0 fully saturated rings. The van der Waals surface area contributed by atoms with E-state index in [1.165, 1.54) is 4.90 Å². The molecule has 0 saturated carbocycles. The molecule has 0 atom stereocenters. The molecule has 0 rings (SSSR count). The van der Waals surface area contributed by atoms with Gasteiger partial charge in [-0.05, 0) is 33.7 Å². The average molecular weight is 258 g/mol. The van der Waals surface area contributed by atoms with Gasteiger partial charge in [0.05, 0.1) is 0 Å². The van der Waals surface area contributed by atoms with Crippen LogP contribution in [0.4, 0.5) is 0 Å². The van der Waals surface area contributed by atoms with Gasteiger partial charge in [0, 0.05) is 18.0 Å².